The molecule has 0 rings (SSSR count). The molecule has 0 N–H and O–H groups in total. The van der Waals surface area contributed by atoms with E-state index in [4.69, 9.17) is 4.74 Å². The summed E-state index contributed by atoms with van der Waals surface area (Å²) in [6.45, 7) is 3.66. The van der Waals surface area contributed by atoms with Crippen LogP contribution in [0.1, 0.15) is 26.7 Å². The van der Waals surface area contributed by atoms with Crippen LogP contribution in [0.5, 0.6) is 0 Å². The number of unbranched alkanes of at least 4 members (excludes halogenated alkanes) is 1. The summed E-state index contributed by atoms with van der Waals surface area (Å²) in [5.41, 5.74) is 0. The molecule has 4 heteroatoms. The normalized spacial score (nSPS) is 10.0. The van der Waals surface area contributed by atoms with Crippen molar-refractivity contribution in [3.8, 4) is 0 Å². The van der Waals surface area contributed by atoms with Crippen molar-refractivity contribution in [3.63, 3.8) is 0 Å². The van der Waals surface area contributed by atoms with Crippen molar-refractivity contribution in [1.29, 1.82) is 0 Å². The summed E-state index contributed by atoms with van der Waals surface area (Å²) in [4.78, 5) is 21.1. The Morgan fingerprint density at radius 3 is 2.62 bits per heavy atom. The number of hydrogen-bond donors (Lipinski definition) is 0. The molecule has 0 aliphatic heterocycles. The van der Waals surface area contributed by atoms with Crippen LogP contribution in [0, 0.1) is 0 Å². The summed E-state index contributed by atoms with van der Waals surface area (Å²) in [6.07, 6.45) is 3.92. The standard InChI is InChI=1S/C9H14O4/c1-3-4-6-13-9(11)5-7-12-8(2)10/h5,7H,3-4,6H2,1-2H3/b7-5+. The van der Waals surface area contributed by atoms with Gasteiger partial charge in [0.05, 0.1) is 12.7 Å². The van der Waals surface area contributed by atoms with Gasteiger partial charge in [0.2, 0.25) is 0 Å². The second kappa shape index (κ2) is 7.34. The summed E-state index contributed by atoms with van der Waals surface area (Å²) in [5, 5.41) is 0. The maximum absolute atomic E-state index is 10.8. The molecule has 0 saturated heterocycles. The van der Waals surface area contributed by atoms with Crippen LogP contribution in [-0.2, 0) is 19.1 Å². The lowest BCUT2D eigenvalue weighted by molar-refractivity contribution is -0.138. The van der Waals surface area contributed by atoms with Crippen LogP contribution in [0.3, 0.4) is 0 Å². The van der Waals surface area contributed by atoms with E-state index in [2.05, 4.69) is 4.74 Å². The largest absolute Gasteiger partial charge is 0.462 e. The average molecular weight is 186 g/mol. The Bertz CT molecular complexity index is 196. The van der Waals surface area contributed by atoms with Gasteiger partial charge < -0.3 is 9.47 Å². The van der Waals surface area contributed by atoms with E-state index < -0.39 is 11.9 Å². The Morgan fingerprint density at radius 2 is 2.08 bits per heavy atom. The molecule has 0 fully saturated rings. The molecule has 13 heavy (non-hydrogen) atoms. The minimum absolute atomic E-state index is 0.403. The van der Waals surface area contributed by atoms with Gasteiger partial charge in [0.25, 0.3) is 0 Å². The van der Waals surface area contributed by atoms with Gasteiger partial charge in [-0.2, -0.15) is 0 Å². The van der Waals surface area contributed by atoms with Gasteiger partial charge in [-0.15, -0.1) is 0 Å². The van der Waals surface area contributed by atoms with Crippen molar-refractivity contribution >= 4 is 11.9 Å². The van der Waals surface area contributed by atoms with Crippen molar-refractivity contribution in [2.75, 3.05) is 6.61 Å². The Hall–Kier alpha value is -1.32. The Labute approximate surface area is 77.5 Å². The minimum Gasteiger partial charge on any atom is -0.462 e. The predicted molar refractivity (Wildman–Crippen MR) is 46.8 cm³/mol. The second-order valence-corrected chi connectivity index (χ2v) is 2.43. The molecule has 4 nitrogen and oxygen atoms in total. The van der Waals surface area contributed by atoms with Crippen molar-refractivity contribution in [2.45, 2.75) is 26.7 Å². The first kappa shape index (κ1) is 11.7. The molecule has 0 aliphatic carbocycles. The van der Waals surface area contributed by atoms with E-state index in [1.165, 1.54) is 6.92 Å². The maximum Gasteiger partial charge on any atom is 0.333 e. The van der Waals surface area contributed by atoms with Crippen molar-refractivity contribution < 1.29 is 19.1 Å². The molecule has 0 aromatic rings. The number of hydrogen-bond acceptors (Lipinski definition) is 4. The smallest absolute Gasteiger partial charge is 0.333 e. The molecule has 0 heterocycles. The van der Waals surface area contributed by atoms with Crippen LogP contribution < -0.4 is 0 Å². The van der Waals surface area contributed by atoms with E-state index in [0.717, 1.165) is 25.2 Å². The number of rotatable bonds is 5. The Kier molecular flexibility index (Phi) is 6.59. The number of carbonyl (C=O) groups excluding carboxylic acids is 2. The third kappa shape index (κ3) is 8.59. The third-order valence-electron chi connectivity index (χ3n) is 1.18. The first-order valence-electron chi connectivity index (χ1n) is 4.17. The van der Waals surface area contributed by atoms with Gasteiger partial charge in [0, 0.05) is 6.92 Å². The zero-order valence-electron chi connectivity index (χ0n) is 7.91. The molecular weight excluding hydrogens is 172 g/mol. The minimum atomic E-state index is -0.491. The topological polar surface area (TPSA) is 52.6 Å². The highest BCUT2D eigenvalue weighted by Crippen LogP contribution is 1.90. The highest BCUT2D eigenvalue weighted by Gasteiger charge is 1.95. The van der Waals surface area contributed by atoms with Crippen molar-refractivity contribution in [2.24, 2.45) is 0 Å². The molecule has 0 atom stereocenters. The number of esters is 2. The molecule has 0 radical (unpaired) electrons. The van der Waals surface area contributed by atoms with E-state index >= 15 is 0 Å². The van der Waals surface area contributed by atoms with Gasteiger partial charge in [-0.3, -0.25) is 4.79 Å². The third-order valence-corrected chi connectivity index (χ3v) is 1.18. The Morgan fingerprint density at radius 1 is 1.38 bits per heavy atom. The lowest BCUT2D eigenvalue weighted by Gasteiger charge is -1.98. The second-order valence-electron chi connectivity index (χ2n) is 2.43. The van der Waals surface area contributed by atoms with Gasteiger partial charge in [-0.05, 0) is 6.42 Å². The first-order chi connectivity index (χ1) is 6.16. The SMILES string of the molecule is CCCCOC(=O)/C=C/OC(C)=O. The first-order valence-corrected chi connectivity index (χ1v) is 4.17. The molecule has 0 aromatic carbocycles. The molecule has 0 saturated carbocycles. The number of carbonyl (C=O) groups is 2. The summed E-state index contributed by atoms with van der Waals surface area (Å²) in [6, 6.07) is 0. The fourth-order valence-electron chi connectivity index (χ4n) is 0.551. The van der Waals surface area contributed by atoms with E-state index in [-0.39, 0.29) is 0 Å². The molecule has 0 aliphatic rings. The average Bonchev–Trinajstić information content (AvgIpc) is 2.04. The van der Waals surface area contributed by atoms with Gasteiger partial charge >= 0.3 is 11.9 Å². The lowest BCUT2D eigenvalue weighted by atomic mass is 10.4. The molecule has 0 spiro atoms. The summed E-state index contributed by atoms with van der Waals surface area (Å²) in [7, 11) is 0. The summed E-state index contributed by atoms with van der Waals surface area (Å²) >= 11 is 0. The van der Waals surface area contributed by atoms with Crippen LogP contribution in [0.2, 0.25) is 0 Å². The molecule has 0 amide bonds. The number of ether oxygens (including phenoxy) is 2. The van der Waals surface area contributed by atoms with E-state index in [0.29, 0.717) is 6.61 Å². The van der Waals surface area contributed by atoms with Crippen LogP contribution in [0.15, 0.2) is 12.3 Å². The molecule has 0 bridgehead atoms. The van der Waals surface area contributed by atoms with E-state index in [9.17, 15) is 9.59 Å². The zero-order chi connectivity index (χ0) is 10.1. The fraction of sp³-hybridized carbons (Fsp3) is 0.556. The van der Waals surface area contributed by atoms with E-state index in [1.54, 1.807) is 0 Å². The highest BCUT2D eigenvalue weighted by atomic mass is 16.5. The molecule has 0 unspecified atom stereocenters. The quantitative estimate of drug-likeness (QED) is 0.282. The molecule has 0 aromatic heterocycles. The lowest BCUT2D eigenvalue weighted by Crippen LogP contribution is -2.02. The Balaban J connectivity index is 3.49. The van der Waals surface area contributed by atoms with Crippen LogP contribution >= 0.6 is 0 Å². The van der Waals surface area contributed by atoms with Gasteiger partial charge in [-0.25, -0.2) is 4.79 Å². The van der Waals surface area contributed by atoms with Crippen LogP contribution in [0.25, 0.3) is 0 Å². The predicted octanol–water partition coefficient (Wildman–Crippen LogP) is 1.41. The molecule has 74 valence electrons. The van der Waals surface area contributed by atoms with Crippen molar-refractivity contribution in [3.05, 3.63) is 12.3 Å². The highest BCUT2D eigenvalue weighted by molar-refractivity contribution is 5.82. The monoisotopic (exact) mass is 186 g/mol. The van der Waals surface area contributed by atoms with Gasteiger partial charge in [-0.1, -0.05) is 13.3 Å². The fourth-order valence-corrected chi connectivity index (χ4v) is 0.551. The van der Waals surface area contributed by atoms with Crippen LogP contribution in [-0.4, -0.2) is 18.5 Å². The van der Waals surface area contributed by atoms with Crippen molar-refractivity contribution in [1.82, 2.24) is 0 Å². The van der Waals surface area contributed by atoms with Gasteiger partial charge in [0.1, 0.15) is 6.26 Å². The summed E-state index contributed by atoms with van der Waals surface area (Å²) in [5.74, 6) is -0.952. The van der Waals surface area contributed by atoms with Crippen LogP contribution in [0.4, 0.5) is 0 Å². The maximum atomic E-state index is 10.8. The van der Waals surface area contributed by atoms with Gasteiger partial charge in [0.15, 0.2) is 0 Å². The summed E-state index contributed by atoms with van der Waals surface area (Å²) < 4.78 is 9.15. The van der Waals surface area contributed by atoms with E-state index in [1.807, 2.05) is 6.92 Å². The molecular formula is C9H14O4. The zero-order valence-corrected chi connectivity index (χ0v) is 7.91.